The second-order valence-corrected chi connectivity index (χ2v) is 6.43. The summed E-state index contributed by atoms with van der Waals surface area (Å²) in [6.07, 6.45) is 0. The van der Waals surface area contributed by atoms with E-state index in [0.717, 1.165) is 10.9 Å². The van der Waals surface area contributed by atoms with Crippen molar-refractivity contribution in [3.63, 3.8) is 0 Å². The molecule has 2 aromatic rings. The monoisotopic (exact) mass is 338 g/mol. The molecule has 0 aliphatic heterocycles. The topological polar surface area (TPSA) is 0 Å². The van der Waals surface area contributed by atoms with Gasteiger partial charge in [0.15, 0.2) is 9.58 Å². The van der Waals surface area contributed by atoms with Crippen molar-refractivity contribution in [2.24, 2.45) is 0 Å². The molecule has 0 spiro atoms. The Labute approximate surface area is 118 Å². The van der Waals surface area contributed by atoms with Crippen molar-refractivity contribution in [3.05, 3.63) is 34.7 Å². The van der Waals surface area contributed by atoms with Gasteiger partial charge in [-0.3, -0.25) is 0 Å². The van der Waals surface area contributed by atoms with Gasteiger partial charge in [-0.15, -0.1) is 13.2 Å². The van der Waals surface area contributed by atoms with Crippen LogP contribution in [0.5, 0.6) is 0 Å². The lowest BCUT2D eigenvalue weighted by molar-refractivity contribution is -0.0868. The van der Waals surface area contributed by atoms with E-state index in [9.17, 15) is 13.2 Å². The van der Waals surface area contributed by atoms with Crippen LogP contribution in [0.2, 0.25) is 0 Å². The largest absolute Gasteiger partial charge is 1.00 e. The molecule has 2 rings (SSSR count). The smallest absolute Gasteiger partial charge is 0.600 e. The van der Waals surface area contributed by atoms with E-state index in [-0.39, 0.29) is 22.9 Å². The van der Waals surface area contributed by atoms with E-state index in [1.54, 1.807) is 18.2 Å². The van der Waals surface area contributed by atoms with Gasteiger partial charge in [0.25, 0.3) is 0 Å². The molecule has 0 fully saturated rings. The van der Waals surface area contributed by atoms with Crippen molar-refractivity contribution in [1.29, 1.82) is 0 Å². The van der Waals surface area contributed by atoms with Gasteiger partial charge in [-0.05, 0) is 18.6 Å². The molecule has 1 unspecified atom stereocenters. The van der Waals surface area contributed by atoms with Gasteiger partial charge in [0.2, 0.25) is 0 Å². The highest BCUT2D eigenvalue weighted by Crippen LogP contribution is 2.53. The molecule has 1 aromatic carbocycles. The highest BCUT2D eigenvalue weighted by molar-refractivity contribution is 7.38. The number of benzene rings is 1. The van der Waals surface area contributed by atoms with E-state index in [1.807, 2.05) is 26.8 Å². The Morgan fingerprint density at radius 2 is 1.78 bits per heavy atom. The van der Waals surface area contributed by atoms with E-state index in [1.165, 1.54) is 0 Å². The number of hydrogen-bond donors (Lipinski definition) is 0. The number of alkyl halides is 3. The lowest BCUT2D eigenvalue weighted by Crippen LogP contribution is -3.00. The first kappa shape index (κ1) is 15.5. The molecular weight excluding hydrogens is 325 g/mol. The second kappa shape index (κ2) is 5.21. The first-order valence-electron chi connectivity index (χ1n) is 5.44. The molecule has 5 heteroatoms. The molecule has 1 atom stereocenters. The van der Waals surface area contributed by atoms with Crippen molar-refractivity contribution >= 4 is 20.6 Å². The van der Waals surface area contributed by atoms with Crippen molar-refractivity contribution in [2.75, 3.05) is 0 Å². The molecule has 1 heterocycles. The maximum Gasteiger partial charge on any atom is 0.600 e. The predicted molar refractivity (Wildman–Crippen MR) is 66.6 cm³/mol. The molecule has 100 valence electrons. The number of hydrogen-bond acceptors (Lipinski definition) is 0. The Bertz CT molecular complexity index is 555. The Morgan fingerprint density at radius 3 is 2.28 bits per heavy atom. The highest BCUT2D eigenvalue weighted by atomic mass is 79.9. The van der Waals surface area contributed by atoms with Crippen molar-refractivity contribution < 1.29 is 30.2 Å². The zero-order chi connectivity index (χ0) is 12.8. The van der Waals surface area contributed by atoms with E-state index >= 15 is 0 Å². The summed E-state index contributed by atoms with van der Waals surface area (Å²) in [5.41, 5.74) is -3.25. The van der Waals surface area contributed by atoms with Crippen molar-refractivity contribution in [2.45, 2.75) is 32.2 Å². The maximum absolute atomic E-state index is 13.2. The number of thiophene rings is 1. The molecule has 0 bridgehead atoms. The van der Waals surface area contributed by atoms with E-state index in [2.05, 4.69) is 0 Å². The molecule has 0 saturated heterocycles. The van der Waals surface area contributed by atoms with Crippen molar-refractivity contribution in [1.82, 2.24) is 0 Å². The molecule has 1 aromatic heterocycles. The van der Waals surface area contributed by atoms with Crippen LogP contribution in [0, 0.1) is 6.92 Å². The fraction of sp³-hybridized carbons (Fsp3) is 0.385. The summed E-state index contributed by atoms with van der Waals surface area (Å²) in [4.78, 5) is 0.502. The van der Waals surface area contributed by atoms with Gasteiger partial charge in [-0.1, -0.05) is 26.0 Å². The standard InChI is InChI=1S/C13H14F3S.BrH/c1-8(2)12-7-10-9(3)5-4-6-11(10)17(12)13(14,15)16;/h4-8H,1-3H3;1H/q+1;/p-1. The zero-order valence-electron chi connectivity index (χ0n) is 10.3. The molecule has 0 aliphatic carbocycles. The van der Waals surface area contributed by atoms with Crippen LogP contribution in [0.15, 0.2) is 24.3 Å². The molecule has 0 radical (unpaired) electrons. The van der Waals surface area contributed by atoms with Crippen LogP contribution in [0.1, 0.15) is 30.2 Å². The normalized spacial score (nSPS) is 12.9. The molecule has 0 nitrogen and oxygen atoms in total. The molecule has 0 N–H and O–H groups in total. The number of rotatable bonds is 1. The van der Waals surface area contributed by atoms with Crippen molar-refractivity contribution in [3.8, 4) is 0 Å². The second-order valence-electron chi connectivity index (χ2n) is 4.44. The van der Waals surface area contributed by atoms with E-state index < -0.39 is 16.0 Å². The Balaban J connectivity index is 0.00000162. The number of fused-ring (bicyclic) bond motifs is 1. The van der Waals surface area contributed by atoms with Gasteiger partial charge in [0, 0.05) is 17.4 Å². The summed E-state index contributed by atoms with van der Waals surface area (Å²) in [6.45, 7) is 5.49. The highest BCUT2D eigenvalue weighted by Gasteiger charge is 2.48. The van der Waals surface area contributed by atoms with Crippen LogP contribution in [0.3, 0.4) is 0 Å². The maximum atomic E-state index is 13.2. The lowest BCUT2D eigenvalue weighted by atomic mass is 10.1. The van der Waals surface area contributed by atoms with Gasteiger partial charge in [-0.2, -0.15) is 0 Å². The fourth-order valence-corrected chi connectivity index (χ4v) is 4.14. The van der Waals surface area contributed by atoms with Crippen LogP contribution in [0.25, 0.3) is 10.1 Å². The SMILES string of the molecule is Cc1cccc2c1cc(C(C)C)[s+]2C(F)(F)F.[Br-]. The van der Waals surface area contributed by atoms with E-state index in [4.69, 9.17) is 0 Å². The summed E-state index contributed by atoms with van der Waals surface area (Å²) in [7, 11) is -1.74. The lowest BCUT2D eigenvalue weighted by Gasteiger charge is -2.02. The fourth-order valence-electron chi connectivity index (χ4n) is 2.01. The average Bonchev–Trinajstić information content (AvgIpc) is 2.57. The predicted octanol–water partition coefficient (Wildman–Crippen LogP) is 2.50. The summed E-state index contributed by atoms with van der Waals surface area (Å²) < 4.78 is 39.9. The minimum absolute atomic E-state index is 0. The third kappa shape index (κ3) is 2.57. The van der Waals surface area contributed by atoms with Crippen LogP contribution in [-0.4, -0.2) is 0 Å². The van der Waals surface area contributed by atoms with Crippen LogP contribution in [-0.2, 0) is 5.51 Å². The first-order chi connectivity index (χ1) is 7.82. The van der Waals surface area contributed by atoms with E-state index in [0.29, 0.717) is 9.58 Å². The summed E-state index contributed by atoms with van der Waals surface area (Å²) >= 11 is 0. The molecule has 0 aliphatic rings. The third-order valence-electron chi connectivity index (χ3n) is 2.83. The summed E-state index contributed by atoms with van der Waals surface area (Å²) in [5.74, 6) is -0.0771. The average molecular weight is 339 g/mol. The number of halogens is 4. The third-order valence-corrected chi connectivity index (χ3v) is 5.15. The molecule has 0 saturated carbocycles. The Kier molecular flexibility index (Phi) is 4.49. The van der Waals surface area contributed by atoms with Crippen LogP contribution >= 0.6 is 10.5 Å². The summed E-state index contributed by atoms with van der Waals surface area (Å²) in [5, 5.41) is 0.761. The Hall–Kier alpha value is -0.550. The minimum Gasteiger partial charge on any atom is -1.00 e. The van der Waals surface area contributed by atoms with Gasteiger partial charge in [-0.25, -0.2) is 0 Å². The minimum atomic E-state index is -4.17. The van der Waals surface area contributed by atoms with Gasteiger partial charge in [0.1, 0.15) is 0 Å². The van der Waals surface area contributed by atoms with Crippen LogP contribution < -0.4 is 17.0 Å². The first-order valence-corrected chi connectivity index (χ1v) is 6.67. The molecular formula is C13H14BrF3S. The number of aryl methyl sites for hydroxylation is 1. The Morgan fingerprint density at radius 1 is 1.17 bits per heavy atom. The van der Waals surface area contributed by atoms with Gasteiger partial charge in [0.05, 0.1) is 10.5 Å². The zero-order valence-corrected chi connectivity index (χ0v) is 12.7. The summed E-state index contributed by atoms with van der Waals surface area (Å²) in [6, 6.07) is 6.89. The van der Waals surface area contributed by atoms with Gasteiger partial charge >= 0.3 is 5.51 Å². The quantitative estimate of drug-likeness (QED) is 0.701. The molecule has 18 heavy (non-hydrogen) atoms. The molecule has 0 amide bonds. The van der Waals surface area contributed by atoms with Gasteiger partial charge < -0.3 is 17.0 Å². The van der Waals surface area contributed by atoms with Crippen LogP contribution in [0.4, 0.5) is 13.2 Å².